The number of aromatic nitrogens is 1. The van der Waals surface area contributed by atoms with E-state index in [1.807, 2.05) is 36.4 Å². The minimum atomic E-state index is 0.0979. The number of ketones is 1. The summed E-state index contributed by atoms with van der Waals surface area (Å²) in [5.74, 6) is 0.933. The van der Waals surface area contributed by atoms with Crippen molar-refractivity contribution >= 4 is 16.6 Å². The molecule has 0 atom stereocenters. The maximum atomic E-state index is 12.3. The predicted molar refractivity (Wildman–Crippen MR) is 73.1 cm³/mol. The van der Waals surface area contributed by atoms with Gasteiger partial charge in [-0.1, -0.05) is 24.3 Å². The van der Waals surface area contributed by atoms with Gasteiger partial charge in [-0.15, -0.1) is 0 Å². The lowest BCUT2D eigenvalue weighted by Crippen LogP contribution is -2.02. The Balaban J connectivity index is 1.85. The van der Waals surface area contributed by atoms with Gasteiger partial charge in [-0.2, -0.15) is 0 Å². The van der Waals surface area contributed by atoms with Crippen LogP contribution in [0.15, 0.2) is 59.5 Å². The molecule has 0 aliphatic heterocycles. The lowest BCUT2D eigenvalue weighted by molar-refractivity contribution is 0.0982. The van der Waals surface area contributed by atoms with Gasteiger partial charge in [0.25, 0.3) is 0 Å². The van der Waals surface area contributed by atoms with Crippen molar-refractivity contribution in [3.8, 4) is 0 Å². The third kappa shape index (κ3) is 2.40. The van der Waals surface area contributed by atoms with Crippen LogP contribution in [-0.2, 0) is 6.42 Å². The molecular weight excluding hydrogens is 238 g/mol. The van der Waals surface area contributed by atoms with Crippen molar-refractivity contribution in [3.05, 3.63) is 66.4 Å². The van der Waals surface area contributed by atoms with E-state index in [0.717, 1.165) is 16.5 Å². The zero-order valence-electron chi connectivity index (χ0n) is 10.4. The van der Waals surface area contributed by atoms with Gasteiger partial charge >= 0.3 is 0 Å². The van der Waals surface area contributed by atoms with E-state index in [9.17, 15) is 4.79 Å². The van der Waals surface area contributed by atoms with Crippen LogP contribution >= 0.6 is 0 Å². The molecule has 3 heteroatoms. The van der Waals surface area contributed by atoms with Crippen molar-refractivity contribution in [1.82, 2.24) is 4.98 Å². The minimum Gasteiger partial charge on any atom is -0.469 e. The number of Topliss-reactive ketones (excluding diaryl/α,β-unsaturated/α-hetero) is 1. The molecule has 0 saturated carbocycles. The van der Waals surface area contributed by atoms with E-state index in [0.29, 0.717) is 18.4 Å². The standard InChI is InChI=1S/C16H13NO2/c18-16(8-7-13-5-3-9-19-13)15-11-17-10-12-4-1-2-6-14(12)15/h1-6,9-11H,7-8H2. The number of fused-ring (bicyclic) bond motifs is 1. The van der Waals surface area contributed by atoms with Crippen molar-refractivity contribution in [1.29, 1.82) is 0 Å². The van der Waals surface area contributed by atoms with Crippen molar-refractivity contribution in [3.63, 3.8) is 0 Å². The van der Waals surface area contributed by atoms with E-state index in [4.69, 9.17) is 4.42 Å². The Morgan fingerprint density at radius 3 is 2.84 bits per heavy atom. The summed E-state index contributed by atoms with van der Waals surface area (Å²) in [6.45, 7) is 0. The molecule has 0 aliphatic rings. The molecule has 1 aromatic carbocycles. The predicted octanol–water partition coefficient (Wildman–Crippen LogP) is 3.64. The smallest absolute Gasteiger partial charge is 0.165 e. The molecule has 2 aromatic heterocycles. The Labute approximate surface area is 110 Å². The number of carbonyl (C=O) groups excluding carboxylic acids is 1. The molecular formula is C16H13NO2. The van der Waals surface area contributed by atoms with Crippen molar-refractivity contribution in [2.75, 3.05) is 0 Å². The van der Waals surface area contributed by atoms with Crippen LogP contribution in [0.4, 0.5) is 0 Å². The van der Waals surface area contributed by atoms with Gasteiger partial charge in [0.15, 0.2) is 5.78 Å². The molecule has 0 unspecified atom stereocenters. The van der Waals surface area contributed by atoms with Crippen LogP contribution in [0.2, 0.25) is 0 Å². The van der Waals surface area contributed by atoms with E-state index in [1.165, 1.54) is 0 Å². The molecule has 0 spiro atoms. The summed E-state index contributed by atoms with van der Waals surface area (Å²) in [5, 5.41) is 1.95. The number of rotatable bonds is 4. The Hall–Kier alpha value is -2.42. The largest absolute Gasteiger partial charge is 0.469 e. The molecule has 0 bridgehead atoms. The summed E-state index contributed by atoms with van der Waals surface area (Å²) >= 11 is 0. The third-order valence-corrected chi connectivity index (χ3v) is 3.15. The second-order valence-electron chi connectivity index (χ2n) is 4.41. The Morgan fingerprint density at radius 1 is 1.11 bits per heavy atom. The van der Waals surface area contributed by atoms with Crippen molar-refractivity contribution in [2.24, 2.45) is 0 Å². The molecule has 0 radical (unpaired) electrons. The molecule has 2 heterocycles. The molecule has 0 amide bonds. The maximum Gasteiger partial charge on any atom is 0.165 e. The average molecular weight is 251 g/mol. The first kappa shape index (κ1) is 11.7. The first-order chi connectivity index (χ1) is 9.34. The number of hydrogen-bond acceptors (Lipinski definition) is 3. The summed E-state index contributed by atoms with van der Waals surface area (Å²) in [7, 11) is 0. The highest BCUT2D eigenvalue weighted by Crippen LogP contribution is 2.19. The number of carbonyl (C=O) groups is 1. The van der Waals surface area contributed by atoms with Gasteiger partial charge < -0.3 is 4.42 Å². The van der Waals surface area contributed by atoms with Crippen molar-refractivity contribution in [2.45, 2.75) is 12.8 Å². The second kappa shape index (κ2) is 5.06. The zero-order chi connectivity index (χ0) is 13.1. The van der Waals surface area contributed by atoms with E-state index < -0.39 is 0 Å². The molecule has 19 heavy (non-hydrogen) atoms. The summed E-state index contributed by atoms with van der Waals surface area (Å²) in [6, 6.07) is 11.5. The maximum absolute atomic E-state index is 12.3. The summed E-state index contributed by atoms with van der Waals surface area (Å²) < 4.78 is 5.24. The Morgan fingerprint density at radius 2 is 2.00 bits per heavy atom. The molecule has 0 fully saturated rings. The van der Waals surface area contributed by atoms with Crippen LogP contribution in [0.25, 0.3) is 10.8 Å². The quantitative estimate of drug-likeness (QED) is 0.665. The number of hydrogen-bond donors (Lipinski definition) is 0. The van der Waals surface area contributed by atoms with Gasteiger partial charge in [-0.3, -0.25) is 9.78 Å². The highest BCUT2D eigenvalue weighted by Gasteiger charge is 2.11. The van der Waals surface area contributed by atoms with Crippen LogP contribution in [0.5, 0.6) is 0 Å². The number of pyridine rings is 1. The lowest BCUT2D eigenvalue weighted by atomic mass is 10.0. The van der Waals surface area contributed by atoms with E-state index in [-0.39, 0.29) is 5.78 Å². The number of benzene rings is 1. The van der Waals surface area contributed by atoms with Crippen LogP contribution < -0.4 is 0 Å². The second-order valence-corrected chi connectivity index (χ2v) is 4.41. The number of nitrogens with zero attached hydrogens (tertiary/aromatic N) is 1. The molecule has 0 N–H and O–H groups in total. The fourth-order valence-electron chi connectivity index (χ4n) is 2.16. The molecule has 3 rings (SSSR count). The fraction of sp³-hybridized carbons (Fsp3) is 0.125. The van der Waals surface area contributed by atoms with Gasteiger partial charge in [0, 0.05) is 36.2 Å². The van der Waals surface area contributed by atoms with Gasteiger partial charge in [-0.05, 0) is 17.5 Å². The first-order valence-electron chi connectivity index (χ1n) is 6.23. The van der Waals surface area contributed by atoms with Gasteiger partial charge in [-0.25, -0.2) is 0 Å². The lowest BCUT2D eigenvalue weighted by Gasteiger charge is -2.04. The van der Waals surface area contributed by atoms with E-state index in [2.05, 4.69) is 4.98 Å². The normalized spacial score (nSPS) is 10.7. The fourth-order valence-corrected chi connectivity index (χ4v) is 2.16. The van der Waals surface area contributed by atoms with E-state index in [1.54, 1.807) is 18.7 Å². The number of furan rings is 1. The molecule has 3 aromatic rings. The summed E-state index contributed by atoms with van der Waals surface area (Å²) in [4.78, 5) is 16.4. The van der Waals surface area contributed by atoms with Crippen LogP contribution in [0, 0.1) is 0 Å². The van der Waals surface area contributed by atoms with Crippen LogP contribution in [-0.4, -0.2) is 10.8 Å². The zero-order valence-corrected chi connectivity index (χ0v) is 10.4. The third-order valence-electron chi connectivity index (χ3n) is 3.15. The highest BCUT2D eigenvalue weighted by molar-refractivity contribution is 6.07. The topological polar surface area (TPSA) is 43.1 Å². The monoisotopic (exact) mass is 251 g/mol. The Bertz CT molecular complexity index is 696. The minimum absolute atomic E-state index is 0.0979. The molecule has 0 saturated heterocycles. The SMILES string of the molecule is O=C(CCc1ccco1)c1cncc2ccccc12. The molecule has 3 nitrogen and oxygen atoms in total. The van der Waals surface area contributed by atoms with Crippen molar-refractivity contribution < 1.29 is 9.21 Å². The van der Waals surface area contributed by atoms with E-state index >= 15 is 0 Å². The summed E-state index contributed by atoms with van der Waals surface area (Å²) in [6.07, 6.45) is 6.10. The van der Waals surface area contributed by atoms with Gasteiger partial charge in [0.2, 0.25) is 0 Å². The Kier molecular flexibility index (Phi) is 3.11. The highest BCUT2D eigenvalue weighted by atomic mass is 16.3. The van der Waals surface area contributed by atoms with Crippen LogP contribution in [0.3, 0.4) is 0 Å². The molecule has 0 aliphatic carbocycles. The molecule has 94 valence electrons. The summed E-state index contributed by atoms with van der Waals surface area (Å²) in [5.41, 5.74) is 0.685. The first-order valence-corrected chi connectivity index (χ1v) is 6.23. The van der Waals surface area contributed by atoms with Gasteiger partial charge in [0.1, 0.15) is 5.76 Å². The number of aryl methyl sites for hydroxylation is 1. The van der Waals surface area contributed by atoms with Gasteiger partial charge in [0.05, 0.1) is 6.26 Å². The average Bonchev–Trinajstić information content (AvgIpc) is 2.97. The van der Waals surface area contributed by atoms with Crippen LogP contribution in [0.1, 0.15) is 22.5 Å².